The molecule has 0 saturated heterocycles. The molecule has 0 heterocycles. The van der Waals surface area contributed by atoms with E-state index < -0.39 is 0 Å². The topological polar surface area (TPSA) is 75.4 Å². The highest BCUT2D eigenvalue weighted by molar-refractivity contribution is 5.87. The summed E-state index contributed by atoms with van der Waals surface area (Å²) in [4.78, 5) is 25.2. The Morgan fingerprint density at radius 3 is 2.47 bits per heavy atom. The molecule has 1 aliphatic carbocycles. The number of rotatable bonds is 7. The van der Waals surface area contributed by atoms with Gasteiger partial charge in [-0.25, -0.2) is 0 Å². The fourth-order valence-corrected chi connectivity index (χ4v) is 1.76. The van der Waals surface area contributed by atoms with Gasteiger partial charge in [0.25, 0.3) is 0 Å². The van der Waals surface area contributed by atoms with E-state index in [0.29, 0.717) is 13.1 Å². The average molecular weight is 241 g/mol. The Morgan fingerprint density at radius 1 is 1.35 bits per heavy atom. The Hall–Kier alpha value is -1.10. The van der Waals surface area contributed by atoms with E-state index in [1.165, 1.54) is 0 Å². The van der Waals surface area contributed by atoms with Crippen LogP contribution in [0.4, 0.5) is 0 Å². The molecule has 0 aromatic carbocycles. The molecule has 0 aromatic heterocycles. The van der Waals surface area contributed by atoms with Crippen molar-refractivity contribution in [1.29, 1.82) is 0 Å². The Morgan fingerprint density at radius 2 is 2.00 bits per heavy atom. The summed E-state index contributed by atoms with van der Waals surface area (Å²) in [5.74, 6) is -0.102. The van der Waals surface area contributed by atoms with E-state index in [-0.39, 0.29) is 30.3 Å². The smallest absolute Gasteiger partial charge is 0.239 e. The van der Waals surface area contributed by atoms with Crippen molar-refractivity contribution in [3.63, 3.8) is 0 Å². The van der Waals surface area contributed by atoms with Gasteiger partial charge in [-0.05, 0) is 19.3 Å². The van der Waals surface area contributed by atoms with Crippen LogP contribution in [0.25, 0.3) is 0 Å². The zero-order valence-electron chi connectivity index (χ0n) is 10.7. The second-order valence-corrected chi connectivity index (χ2v) is 4.62. The number of carbonyl (C=O) groups is 2. The molecule has 2 amide bonds. The first-order valence-corrected chi connectivity index (χ1v) is 6.41. The van der Waals surface area contributed by atoms with Gasteiger partial charge in [0, 0.05) is 19.1 Å². The molecule has 1 aliphatic rings. The first-order chi connectivity index (χ1) is 8.10. The van der Waals surface area contributed by atoms with Gasteiger partial charge in [-0.3, -0.25) is 9.59 Å². The molecule has 98 valence electrons. The maximum atomic E-state index is 12.0. The lowest BCUT2D eigenvalue weighted by Crippen LogP contribution is -2.42. The lowest BCUT2D eigenvalue weighted by molar-refractivity contribution is -0.137. The maximum absolute atomic E-state index is 12.0. The van der Waals surface area contributed by atoms with Gasteiger partial charge in [-0.1, -0.05) is 13.8 Å². The number of amides is 2. The summed E-state index contributed by atoms with van der Waals surface area (Å²) in [5, 5.41) is 2.78. The Bertz CT molecular complexity index is 281. The summed E-state index contributed by atoms with van der Waals surface area (Å²) in [6, 6.07) is 0.000518. The fraction of sp³-hybridized carbons (Fsp3) is 0.833. The predicted molar refractivity (Wildman–Crippen MR) is 66.3 cm³/mol. The maximum Gasteiger partial charge on any atom is 0.239 e. The van der Waals surface area contributed by atoms with Crippen LogP contribution >= 0.6 is 0 Å². The minimum absolute atomic E-state index is 0.000518. The molecule has 1 rings (SSSR count). The van der Waals surface area contributed by atoms with E-state index in [2.05, 4.69) is 5.32 Å². The molecule has 1 fully saturated rings. The molecule has 17 heavy (non-hydrogen) atoms. The summed E-state index contributed by atoms with van der Waals surface area (Å²) in [5.41, 5.74) is 5.66. The third kappa shape index (κ3) is 4.34. The molecular weight excluding hydrogens is 218 g/mol. The molecule has 0 aromatic rings. The number of nitrogens with one attached hydrogen (secondary N) is 1. The normalized spacial score (nSPS) is 22.1. The Kier molecular flexibility index (Phi) is 5.41. The molecule has 0 bridgehead atoms. The quantitative estimate of drug-likeness (QED) is 0.663. The third-order valence-corrected chi connectivity index (χ3v) is 2.87. The van der Waals surface area contributed by atoms with Crippen LogP contribution in [0.1, 0.15) is 33.1 Å². The van der Waals surface area contributed by atoms with E-state index in [1.807, 2.05) is 13.8 Å². The van der Waals surface area contributed by atoms with Crippen molar-refractivity contribution in [2.24, 2.45) is 11.7 Å². The summed E-state index contributed by atoms with van der Waals surface area (Å²) < 4.78 is 0. The van der Waals surface area contributed by atoms with Gasteiger partial charge in [0.2, 0.25) is 11.8 Å². The molecule has 0 spiro atoms. The molecule has 5 heteroatoms. The van der Waals surface area contributed by atoms with Crippen LogP contribution in [0.15, 0.2) is 0 Å². The van der Waals surface area contributed by atoms with E-state index >= 15 is 0 Å². The number of nitrogens with two attached hydrogens (primary N) is 1. The Balaban J connectivity index is 2.42. The number of hydrogen-bond acceptors (Lipinski definition) is 3. The summed E-state index contributed by atoms with van der Waals surface area (Å²) in [7, 11) is 0. The second kappa shape index (κ2) is 6.59. The monoisotopic (exact) mass is 241 g/mol. The lowest BCUT2D eigenvalue weighted by atomic mass is 10.3. The molecule has 2 unspecified atom stereocenters. The summed E-state index contributed by atoms with van der Waals surface area (Å²) in [6.45, 7) is 5.45. The van der Waals surface area contributed by atoms with Crippen LogP contribution < -0.4 is 11.1 Å². The molecular formula is C12H23N3O2. The second-order valence-electron chi connectivity index (χ2n) is 4.62. The van der Waals surface area contributed by atoms with Gasteiger partial charge in [0.15, 0.2) is 0 Å². The van der Waals surface area contributed by atoms with Crippen molar-refractivity contribution >= 4 is 11.8 Å². The van der Waals surface area contributed by atoms with Crippen LogP contribution in [0.5, 0.6) is 0 Å². The fourth-order valence-electron chi connectivity index (χ4n) is 1.76. The number of carbonyl (C=O) groups excluding carboxylic acids is 2. The third-order valence-electron chi connectivity index (χ3n) is 2.87. The average Bonchev–Trinajstić information content (AvgIpc) is 3.02. The largest absolute Gasteiger partial charge is 0.355 e. The van der Waals surface area contributed by atoms with Crippen molar-refractivity contribution in [3.05, 3.63) is 0 Å². The highest BCUT2D eigenvalue weighted by Crippen LogP contribution is 2.29. The van der Waals surface area contributed by atoms with Crippen LogP contribution in [0.2, 0.25) is 0 Å². The van der Waals surface area contributed by atoms with Gasteiger partial charge >= 0.3 is 0 Å². The minimum atomic E-state index is -0.0807. The van der Waals surface area contributed by atoms with Gasteiger partial charge in [-0.15, -0.1) is 0 Å². The zero-order chi connectivity index (χ0) is 12.8. The number of hydrogen-bond donors (Lipinski definition) is 2. The van der Waals surface area contributed by atoms with Crippen molar-refractivity contribution < 1.29 is 9.59 Å². The highest BCUT2D eigenvalue weighted by Gasteiger charge is 2.42. The van der Waals surface area contributed by atoms with Crippen LogP contribution in [0, 0.1) is 5.92 Å². The van der Waals surface area contributed by atoms with Crippen LogP contribution in [-0.2, 0) is 9.59 Å². The van der Waals surface area contributed by atoms with Gasteiger partial charge < -0.3 is 16.0 Å². The van der Waals surface area contributed by atoms with Crippen LogP contribution in [-0.4, -0.2) is 42.4 Å². The SMILES string of the molecule is CCCNC(=O)CN(CCC)C(=O)C1CC1N. The predicted octanol–water partition coefficient (Wildman–Crippen LogP) is 0.0984. The van der Waals surface area contributed by atoms with Crippen molar-refractivity contribution in [2.45, 2.75) is 39.2 Å². The molecule has 0 radical (unpaired) electrons. The van der Waals surface area contributed by atoms with Crippen molar-refractivity contribution in [2.75, 3.05) is 19.6 Å². The molecule has 3 N–H and O–H groups in total. The van der Waals surface area contributed by atoms with Gasteiger partial charge in [0.1, 0.15) is 0 Å². The molecule has 5 nitrogen and oxygen atoms in total. The minimum Gasteiger partial charge on any atom is -0.355 e. The van der Waals surface area contributed by atoms with Gasteiger partial charge in [0.05, 0.1) is 12.5 Å². The van der Waals surface area contributed by atoms with Crippen molar-refractivity contribution in [1.82, 2.24) is 10.2 Å². The first-order valence-electron chi connectivity index (χ1n) is 6.41. The highest BCUT2D eigenvalue weighted by atomic mass is 16.2. The summed E-state index contributed by atoms with van der Waals surface area (Å²) >= 11 is 0. The number of nitrogens with zero attached hydrogens (tertiary/aromatic N) is 1. The zero-order valence-corrected chi connectivity index (χ0v) is 10.7. The van der Waals surface area contributed by atoms with E-state index in [1.54, 1.807) is 4.90 Å². The Labute approximate surface area is 103 Å². The summed E-state index contributed by atoms with van der Waals surface area (Å²) in [6.07, 6.45) is 2.52. The molecule has 1 saturated carbocycles. The lowest BCUT2D eigenvalue weighted by Gasteiger charge is -2.21. The van der Waals surface area contributed by atoms with E-state index in [9.17, 15) is 9.59 Å². The molecule has 0 aliphatic heterocycles. The van der Waals surface area contributed by atoms with E-state index in [4.69, 9.17) is 5.73 Å². The molecule has 2 atom stereocenters. The van der Waals surface area contributed by atoms with Crippen LogP contribution in [0.3, 0.4) is 0 Å². The first kappa shape index (κ1) is 14.0. The van der Waals surface area contributed by atoms with E-state index in [0.717, 1.165) is 19.3 Å². The van der Waals surface area contributed by atoms with Crippen molar-refractivity contribution in [3.8, 4) is 0 Å². The standard InChI is InChI=1S/C12H23N3O2/c1-3-5-14-11(16)8-15(6-4-2)12(17)9-7-10(9)13/h9-10H,3-8,13H2,1-2H3,(H,14,16). The van der Waals surface area contributed by atoms with Gasteiger partial charge in [-0.2, -0.15) is 0 Å².